The van der Waals surface area contributed by atoms with E-state index in [2.05, 4.69) is 33.9 Å². The zero-order chi connectivity index (χ0) is 15.6. The Kier molecular flexibility index (Phi) is 5.83. The summed E-state index contributed by atoms with van der Waals surface area (Å²) >= 11 is 0. The molecule has 0 aromatic rings. The molecule has 0 heterocycles. The molecule has 0 spiro atoms. The Hall–Kier alpha value is 0.0569. The fraction of sp³-hybridized carbons (Fsp3) is 1.00. The van der Waals surface area contributed by atoms with Crippen LogP contribution in [0.2, 0.25) is 18.1 Å². The van der Waals surface area contributed by atoms with Crippen molar-refractivity contribution in [2.24, 2.45) is 0 Å². The second-order valence-electron chi connectivity index (χ2n) is 7.86. The highest BCUT2D eigenvalue weighted by molar-refractivity contribution is 6.74. The molecule has 1 aliphatic carbocycles. The molecule has 1 aliphatic rings. The van der Waals surface area contributed by atoms with Crippen molar-refractivity contribution in [1.82, 2.24) is 0 Å². The van der Waals surface area contributed by atoms with Gasteiger partial charge in [-0.3, -0.25) is 0 Å². The molecule has 0 amide bonds. The average Bonchev–Trinajstić information content (AvgIpc) is 2.26. The normalized spacial score (nSPS) is 30.3. The molecule has 1 saturated carbocycles. The Morgan fingerprint density at radius 2 is 1.95 bits per heavy atom. The summed E-state index contributed by atoms with van der Waals surface area (Å²) in [5.74, 6) is 0. The van der Waals surface area contributed by atoms with Crippen molar-refractivity contribution in [3.8, 4) is 0 Å². The molecule has 3 N–H and O–H groups in total. The first-order valence-electron chi connectivity index (χ1n) is 7.68. The maximum Gasteiger partial charge on any atom is 0.192 e. The fourth-order valence-corrected chi connectivity index (χ4v) is 4.06. The van der Waals surface area contributed by atoms with Crippen molar-refractivity contribution in [2.45, 2.75) is 88.8 Å². The molecule has 3 atom stereocenters. The fourth-order valence-electron chi connectivity index (χ4n) is 2.67. The molecular formula is C15H32O4Si. The minimum absolute atomic E-state index is 0.0699. The average molecular weight is 305 g/mol. The molecule has 0 saturated heterocycles. The molecule has 3 unspecified atom stereocenters. The number of aliphatic hydroxyl groups is 3. The smallest absolute Gasteiger partial charge is 0.192 e. The number of rotatable bonds is 5. The van der Waals surface area contributed by atoms with Crippen LogP contribution in [0.15, 0.2) is 0 Å². The third-order valence-corrected chi connectivity index (χ3v) is 9.40. The zero-order valence-corrected chi connectivity index (χ0v) is 14.6. The van der Waals surface area contributed by atoms with Gasteiger partial charge >= 0.3 is 0 Å². The second kappa shape index (κ2) is 6.44. The predicted molar refractivity (Wildman–Crippen MR) is 83.2 cm³/mol. The minimum Gasteiger partial charge on any atom is -0.414 e. The van der Waals surface area contributed by atoms with E-state index in [0.29, 0.717) is 12.8 Å². The van der Waals surface area contributed by atoms with Crippen LogP contribution >= 0.6 is 0 Å². The van der Waals surface area contributed by atoms with E-state index in [-0.39, 0.29) is 24.2 Å². The monoisotopic (exact) mass is 304 g/mol. The van der Waals surface area contributed by atoms with Gasteiger partial charge in [0, 0.05) is 18.9 Å². The van der Waals surface area contributed by atoms with E-state index in [1.54, 1.807) is 0 Å². The van der Waals surface area contributed by atoms with Gasteiger partial charge in [0.25, 0.3) is 0 Å². The van der Waals surface area contributed by atoms with E-state index in [4.69, 9.17) is 9.53 Å². The van der Waals surface area contributed by atoms with Gasteiger partial charge < -0.3 is 19.7 Å². The molecule has 0 aromatic heterocycles. The van der Waals surface area contributed by atoms with Crippen molar-refractivity contribution in [3.63, 3.8) is 0 Å². The number of hydrogen-bond donors (Lipinski definition) is 3. The van der Waals surface area contributed by atoms with Crippen LogP contribution in [0.25, 0.3) is 0 Å². The molecule has 1 fully saturated rings. The lowest BCUT2D eigenvalue weighted by atomic mass is 9.79. The van der Waals surface area contributed by atoms with Crippen LogP contribution in [0.1, 0.15) is 52.9 Å². The lowest BCUT2D eigenvalue weighted by Crippen LogP contribution is -2.48. The van der Waals surface area contributed by atoms with E-state index < -0.39 is 20.0 Å². The Labute approximate surface area is 124 Å². The van der Waals surface area contributed by atoms with Crippen LogP contribution in [0.4, 0.5) is 0 Å². The third-order valence-electron chi connectivity index (χ3n) is 4.87. The summed E-state index contributed by atoms with van der Waals surface area (Å²) in [6, 6.07) is 0. The minimum atomic E-state index is -1.83. The van der Waals surface area contributed by atoms with E-state index in [0.717, 1.165) is 12.8 Å². The van der Waals surface area contributed by atoms with Gasteiger partial charge in [0.1, 0.15) is 0 Å². The molecular weight excluding hydrogens is 272 g/mol. The van der Waals surface area contributed by atoms with Gasteiger partial charge in [-0.2, -0.15) is 0 Å². The van der Waals surface area contributed by atoms with E-state index in [1.165, 1.54) is 0 Å². The van der Waals surface area contributed by atoms with E-state index in [1.807, 2.05) is 0 Å². The quantitative estimate of drug-likeness (QED) is 0.682. The van der Waals surface area contributed by atoms with Gasteiger partial charge in [-0.05, 0) is 37.4 Å². The highest BCUT2D eigenvalue weighted by atomic mass is 28.4. The third kappa shape index (κ3) is 4.81. The highest BCUT2D eigenvalue weighted by Crippen LogP contribution is 2.41. The summed E-state index contributed by atoms with van der Waals surface area (Å²) in [7, 11) is -1.83. The molecule has 5 heteroatoms. The molecule has 4 nitrogen and oxygen atoms in total. The number of hydrogen-bond acceptors (Lipinski definition) is 4. The van der Waals surface area contributed by atoms with Crippen molar-refractivity contribution < 1.29 is 19.7 Å². The van der Waals surface area contributed by atoms with Crippen LogP contribution in [0.5, 0.6) is 0 Å². The maximum absolute atomic E-state index is 10.6. The van der Waals surface area contributed by atoms with Crippen LogP contribution in [0.3, 0.4) is 0 Å². The maximum atomic E-state index is 10.6. The summed E-state index contributed by atoms with van der Waals surface area (Å²) in [6.45, 7) is 10.8. The Morgan fingerprint density at radius 3 is 2.45 bits per heavy atom. The van der Waals surface area contributed by atoms with Gasteiger partial charge in [0.05, 0.1) is 18.3 Å². The first-order chi connectivity index (χ1) is 8.99. The Bertz CT molecular complexity index is 313. The van der Waals surface area contributed by atoms with Crippen LogP contribution in [-0.4, -0.2) is 48.1 Å². The lowest BCUT2D eigenvalue weighted by molar-refractivity contribution is -0.0763. The van der Waals surface area contributed by atoms with Gasteiger partial charge in [0.15, 0.2) is 8.32 Å². The summed E-state index contributed by atoms with van der Waals surface area (Å²) in [5, 5.41) is 29.3. The largest absolute Gasteiger partial charge is 0.414 e. The lowest BCUT2D eigenvalue weighted by Gasteiger charge is -2.44. The van der Waals surface area contributed by atoms with Crippen molar-refractivity contribution >= 4 is 8.32 Å². The van der Waals surface area contributed by atoms with Crippen LogP contribution in [0, 0.1) is 0 Å². The highest BCUT2D eigenvalue weighted by Gasteiger charge is 2.43. The van der Waals surface area contributed by atoms with Crippen molar-refractivity contribution in [3.05, 3.63) is 0 Å². The summed E-state index contributed by atoms with van der Waals surface area (Å²) in [4.78, 5) is 0. The molecule has 0 radical (unpaired) electrons. The summed E-state index contributed by atoms with van der Waals surface area (Å²) in [6.07, 6.45) is 2.60. The summed E-state index contributed by atoms with van der Waals surface area (Å²) < 4.78 is 6.39. The predicted octanol–water partition coefficient (Wildman–Crippen LogP) is 2.43. The molecule has 20 heavy (non-hydrogen) atoms. The van der Waals surface area contributed by atoms with Gasteiger partial charge in [-0.1, -0.05) is 20.8 Å². The van der Waals surface area contributed by atoms with E-state index >= 15 is 0 Å². The van der Waals surface area contributed by atoms with Crippen molar-refractivity contribution in [1.29, 1.82) is 0 Å². The Balaban J connectivity index is 2.65. The molecule has 0 aromatic carbocycles. The van der Waals surface area contributed by atoms with Gasteiger partial charge in [-0.15, -0.1) is 0 Å². The first-order valence-corrected chi connectivity index (χ1v) is 10.6. The SMILES string of the molecule is CC(C)(C)[Si](C)(C)OC1CCCC(O)(CC(O)CO)C1. The van der Waals surface area contributed by atoms with Crippen LogP contribution < -0.4 is 0 Å². The standard InChI is InChI=1S/C15H32O4Si/c1-14(2,3)20(4,5)19-13-7-6-8-15(18,10-13)9-12(17)11-16/h12-13,16-18H,6-11H2,1-5H3. The second-order valence-corrected chi connectivity index (χ2v) is 12.6. The van der Waals surface area contributed by atoms with Crippen LogP contribution in [-0.2, 0) is 4.43 Å². The number of aliphatic hydroxyl groups excluding tert-OH is 2. The van der Waals surface area contributed by atoms with Crippen molar-refractivity contribution in [2.75, 3.05) is 6.61 Å². The van der Waals surface area contributed by atoms with Gasteiger partial charge in [-0.25, -0.2) is 0 Å². The van der Waals surface area contributed by atoms with E-state index in [9.17, 15) is 10.2 Å². The molecule has 0 aliphatic heterocycles. The molecule has 120 valence electrons. The first kappa shape index (κ1) is 18.1. The molecule has 1 rings (SSSR count). The Morgan fingerprint density at radius 1 is 1.35 bits per heavy atom. The zero-order valence-electron chi connectivity index (χ0n) is 13.6. The van der Waals surface area contributed by atoms with Gasteiger partial charge in [0.2, 0.25) is 0 Å². The topological polar surface area (TPSA) is 69.9 Å². The summed E-state index contributed by atoms with van der Waals surface area (Å²) in [5.41, 5.74) is -0.895. The molecule has 0 bridgehead atoms.